The van der Waals surface area contributed by atoms with Crippen molar-refractivity contribution in [2.75, 3.05) is 13.7 Å². The Hall–Kier alpha value is -3.09. The van der Waals surface area contributed by atoms with Gasteiger partial charge in [0.25, 0.3) is 0 Å². The van der Waals surface area contributed by atoms with Gasteiger partial charge in [0.1, 0.15) is 5.75 Å². The summed E-state index contributed by atoms with van der Waals surface area (Å²) in [7, 11) is 1.60. The van der Waals surface area contributed by atoms with Gasteiger partial charge in [-0.05, 0) is 34.9 Å². The van der Waals surface area contributed by atoms with Crippen molar-refractivity contribution in [2.45, 2.75) is 33.5 Å². The number of hydrogen-bond donors (Lipinski definition) is 0. The SMILES string of the molecule is COc1ccc2cccc(CCN(C(C)=O)C(=O)OC(C)OC(C)=O)c2c1. The van der Waals surface area contributed by atoms with Crippen LogP contribution >= 0.6 is 0 Å². The molecule has 1 unspecified atom stereocenters. The fourth-order valence-corrected chi connectivity index (χ4v) is 2.73. The first kappa shape index (κ1) is 20.2. The predicted octanol–water partition coefficient (Wildman–Crippen LogP) is 3.29. The molecule has 27 heavy (non-hydrogen) atoms. The second-order valence-corrected chi connectivity index (χ2v) is 5.99. The Balaban J connectivity index is 2.14. The molecule has 0 N–H and O–H groups in total. The molecule has 0 saturated heterocycles. The number of rotatable bonds is 6. The lowest BCUT2D eigenvalue weighted by molar-refractivity contribution is -0.163. The largest absolute Gasteiger partial charge is 0.497 e. The first-order chi connectivity index (χ1) is 12.8. The minimum atomic E-state index is -1.07. The van der Waals surface area contributed by atoms with Crippen molar-refractivity contribution in [3.8, 4) is 5.75 Å². The number of imide groups is 1. The number of amides is 2. The van der Waals surface area contributed by atoms with Gasteiger partial charge in [-0.1, -0.05) is 24.3 Å². The van der Waals surface area contributed by atoms with E-state index in [2.05, 4.69) is 0 Å². The maximum atomic E-state index is 12.2. The molecule has 0 saturated carbocycles. The molecule has 2 aromatic rings. The Morgan fingerprint density at radius 2 is 1.81 bits per heavy atom. The Labute approximate surface area is 157 Å². The number of methoxy groups -OCH3 is 1. The molecule has 0 aliphatic heterocycles. The summed E-state index contributed by atoms with van der Waals surface area (Å²) in [4.78, 5) is 36.0. The highest BCUT2D eigenvalue weighted by Gasteiger charge is 2.22. The molecule has 1 atom stereocenters. The number of fused-ring (bicyclic) bond motifs is 1. The van der Waals surface area contributed by atoms with Crippen LogP contribution in [0.15, 0.2) is 36.4 Å². The van der Waals surface area contributed by atoms with E-state index >= 15 is 0 Å². The van der Waals surface area contributed by atoms with Crippen molar-refractivity contribution in [2.24, 2.45) is 0 Å². The number of esters is 1. The first-order valence-corrected chi connectivity index (χ1v) is 8.53. The zero-order chi connectivity index (χ0) is 20.0. The van der Waals surface area contributed by atoms with Crippen LogP contribution in [0.1, 0.15) is 26.3 Å². The molecule has 0 fully saturated rings. The average Bonchev–Trinajstić information content (AvgIpc) is 2.60. The van der Waals surface area contributed by atoms with Crippen LogP contribution in [0.5, 0.6) is 5.75 Å². The number of carbonyl (C=O) groups is 3. The van der Waals surface area contributed by atoms with Crippen molar-refractivity contribution < 1.29 is 28.6 Å². The summed E-state index contributed by atoms with van der Waals surface area (Å²) in [5.74, 6) is -0.296. The van der Waals surface area contributed by atoms with Gasteiger partial charge in [-0.15, -0.1) is 0 Å². The number of nitrogens with zero attached hydrogens (tertiary/aromatic N) is 1. The van der Waals surface area contributed by atoms with Crippen LogP contribution in [-0.2, 0) is 25.5 Å². The lowest BCUT2D eigenvalue weighted by Crippen LogP contribution is -2.39. The Bertz CT molecular complexity index is 847. The maximum Gasteiger partial charge on any atom is 0.419 e. The molecule has 2 rings (SSSR count). The van der Waals surface area contributed by atoms with Crippen LogP contribution in [0.4, 0.5) is 4.79 Å². The van der Waals surface area contributed by atoms with Crippen molar-refractivity contribution in [1.29, 1.82) is 0 Å². The van der Waals surface area contributed by atoms with E-state index in [-0.39, 0.29) is 6.54 Å². The van der Waals surface area contributed by atoms with Crippen molar-refractivity contribution in [3.05, 3.63) is 42.0 Å². The molecule has 0 aliphatic rings. The summed E-state index contributed by atoms with van der Waals surface area (Å²) in [6.45, 7) is 4.04. The highest BCUT2D eigenvalue weighted by molar-refractivity contribution is 5.91. The topological polar surface area (TPSA) is 82.1 Å². The fourth-order valence-electron chi connectivity index (χ4n) is 2.73. The van der Waals surface area contributed by atoms with Crippen LogP contribution < -0.4 is 4.74 Å². The van der Waals surface area contributed by atoms with E-state index in [1.165, 1.54) is 20.8 Å². The van der Waals surface area contributed by atoms with Crippen molar-refractivity contribution >= 4 is 28.7 Å². The summed E-state index contributed by atoms with van der Waals surface area (Å²) in [5.41, 5.74) is 0.971. The van der Waals surface area contributed by atoms with Gasteiger partial charge in [0.05, 0.1) is 7.11 Å². The van der Waals surface area contributed by atoms with Crippen LogP contribution in [-0.4, -0.2) is 42.8 Å². The highest BCUT2D eigenvalue weighted by atomic mass is 16.7. The van der Waals surface area contributed by atoms with Gasteiger partial charge in [-0.3, -0.25) is 9.59 Å². The van der Waals surface area contributed by atoms with Gasteiger partial charge < -0.3 is 14.2 Å². The Morgan fingerprint density at radius 1 is 1.07 bits per heavy atom. The zero-order valence-corrected chi connectivity index (χ0v) is 15.9. The maximum absolute atomic E-state index is 12.2. The van der Waals surface area contributed by atoms with Crippen LogP contribution in [0.3, 0.4) is 0 Å². The summed E-state index contributed by atoms with van der Waals surface area (Å²) in [6, 6.07) is 11.6. The van der Waals surface area contributed by atoms with Crippen molar-refractivity contribution in [3.63, 3.8) is 0 Å². The first-order valence-electron chi connectivity index (χ1n) is 8.53. The van der Waals surface area contributed by atoms with Gasteiger partial charge in [0.15, 0.2) is 0 Å². The van der Waals surface area contributed by atoms with Crippen LogP contribution in [0.25, 0.3) is 10.8 Å². The molecule has 2 amide bonds. The average molecular weight is 373 g/mol. The molecule has 0 radical (unpaired) electrons. The summed E-state index contributed by atoms with van der Waals surface area (Å²) < 4.78 is 15.0. The molecular weight excluding hydrogens is 350 g/mol. The van der Waals surface area contributed by atoms with Gasteiger partial charge in [0, 0.05) is 27.3 Å². The molecule has 0 aromatic heterocycles. The summed E-state index contributed by atoms with van der Waals surface area (Å²) in [5, 5.41) is 2.02. The molecule has 2 aromatic carbocycles. The quantitative estimate of drug-likeness (QED) is 0.571. The molecule has 0 heterocycles. The van der Waals surface area contributed by atoms with Crippen LogP contribution in [0, 0.1) is 0 Å². The predicted molar refractivity (Wildman–Crippen MR) is 99.3 cm³/mol. The third-order valence-electron chi connectivity index (χ3n) is 3.98. The van der Waals surface area contributed by atoms with E-state index in [4.69, 9.17) is 14.2 Å². The third-order valence-corrected chi connectivity index (χ3v) is 3.98. The Kier molecular flexibility index (Phi) is 6.76. The van der Waals surface area contributed by atoms with E-state index in [9.17, 15) is 14.4 Å². The molecule has 144 valence electrons. The molecule has 0 bridgehead atoms. The van der Waals surface area contributed by atoms with Gasteiger partial charge >= 0.3 is 12.1 Å². The smallest absolute Gasteiger partial charge is 0.419 e. The number of benzene rings is 2. The van der Waals surface area contributed by atoms with E-state index in [0.717, 1.165) is 27.0 Å². The minimum Gasteiger partial charge on any atom is -0.497 e. The second kappa shape index (κ2) is 9.02. The highest BCUT2D eigenvalue weighted by Crippen LogP contribution is 2.24. The third kappa shape index (κ3) is 5.44. The molecule has 0 spiro atoms. The summed E-state index contributed by atoms with van der Waals surface area (Å²) >= 11 is 0. The fraction of sp³-hybridized carbons (Fsp3) is 0.350. The lowest BCUT2D eigenvalue weighted by atomic mass is 10.0. The number of hydrogen-bond acceptors (Lipinski definition) is 6. The molecule has 7 heteroatoms. The molecular formula is C20H23NO6. The van der Waals surface area contributed by atoms with Gasteiger partial charge in [0.2, 0.25) is 12.2 Å². The molecule has 0 aliphatic carbocycles. The Morgan fingerprint density at radius 3 is 2.44 bits per heavy atom. The van der Waals surface area contributed by atoms with E-state index in [1.807, 2.05) is 36.4 Å². The van der Waals surface area contributed by atoms with Crippen molar-refractivity contribution in [1.82, 2.24) is 4.90 Å². The molecule has 7 nitrogen and oxygen atoms in total. The monoisotopic (exact) mass is 373 g/mol. The minimum absolute atomic E-state index is 0.136. The number of carbonyl (C=O) groups excluding carboxylic acids is 3. The standard InChI is InChI=1S/C20H23NO6/c1-13(22)21(20(24)27-15(3)26-14(2)23)11-10-17-7-5-6-16-8-9-18(25-4)12-19(16)17/h5-9,12,15H,10-11H2,1-4H3. The normalized spacial score (nSPS) is 11.6. The second-order valence-electron chi connectivity index (χ2n) is 5.99. The van der Waals surface area contributed by atoms with E-state index in [0.29, 0.717) is 6.42 Å². The van der Waals surface area contributed by atoms with E-state index < -0.39 is 24.3 Å². The van der Waals surface area contributed by atoms with Gasteiger partial charge in [-0.25, -0.2) is 9.69 Å². The van der Waals surface area contributed by atoms with Gasteiger partial charge in [-0.2, -0.15) is 0 Å². The summed E-state index contributed by atoms with van der Waals surface area (Å²) in [6.07, 6.45) is -1.48. The van der Waals surface area contributed by atoms with Crippen LogP contribution in [0.2, 0.25) is 0 Å². The lowest BCUT2D eigenvalue weighted by Gasteiger charge is -2.21. The zero-order valence-electron chi connectivity index (χ0n) is 15.9. The van der Waals surface area contributed by atoms with E-state index in [1.54, 1.807) is 7.11 Å². The number of ether oxygens (including phenoxy) is 3.